The van der Waals surface area contributed by atoms with Crippen LogP contribution in [0.25, 0.3) is 0 Å². The minimum Gasteiger partial charge on any atom is -0.397 e. The largest absolute Gasteiger partial charge is 0.397 e. The number of halogens is 1. The molecule has 1 aromatic rings. The Kier molecular flexibility index (Phi) is 4.17. The summed E-state index contributed by atoms with van der Waals surface area (Å²) in [4.78, 5) is 4.34. The van der Waals surface area contributed by atoms with Gasteiger partial charge in [-0.15, -0.1) is 12.4 Å². The van der Waals surface area contributed by atoms with Crippen molar-refractivity contribution < 1.29 is 0 Å². The maximum absolute atomic E-state index is 5.58. The van der Waals surface area contributed by atoms with Crippen molar-refractivity contribution in [2.75, 3.05) is 18.8 Å². The Hall–Kier alpha value is -0.800. The fraction of sp³-hybridized carbons (Fsp3) is 0.500. The zero-order valence-corrected chi connectivity index (χ0v) is 8.89. The van der Waals surface area contributed by atoms with Crippen LogP contribution >= 0.6 is 12.4 Å². The smallest absolute Gasteiger partial charge is 0.0501 e. The summed E-state index contributed by atoms with van der Waals surface area (Å²) >= 11 is 0. The molecule has 0 spiro atoms. The Labute approximate surface area is 90.5 Å². The van der Waals surface area contributed by atoms with E-state index in [1.165, 1.54) is 18.5 Å². The Balaban J connectivity index is 0.000000980. The Morgan fingerprint density at radius 2 is 2.29 bits per heavy atom. The zero-order chi connectivity index (χ0) is 9.10. The number of pyridine rings is 1. The monoisotopic (exact) mass is 213 g/mol. The van der Waals surface area contributed by atoms with Crippen molar-refractivity contribution in [3.63, 3.8) is 0 Å². The molecule has 2 rings (SSSR count). The van der Waals surface area contributed by atoms with E-state index in [1.54, 1.807) is 6.20 Å². The average Bonchev–Trinajstić information content (AvgIpc) is 2.20. The number of anilines is 1. The fourth-order valence-electron chi connectivity index (χ4n) is 1.76. The van der Waals surface area contributed by atoms with Crippen LogP contribution in [-0.4, -0.2) is 18.1 Å². The molecule has 0 unspecified atom stereocenters. The standard InChI is InChI=1S/C10H15N3.ClH/c11-9-3-4-10(13-7-9)8-2-1-5-12-6-8;/h3-4,7-8,12H,1-2,5-6,11H2;1H/t8-;/m1./s1. The quantitative estimate of drug-likeness (QED) is 0.745. The number of aromatic nitrogens is 1. The number of rotatable bonds is 1. The van der Waals surface area contributed by atoms with Gasteiger partial charge in [0.2, 0.25) is 0 Å². The van der Waals surface area contributed by atoms with E-state index in [0.717, 1.165) is 18.8 Å². The van der Waals surface area contributed by atoms with Crippen molar-refractivity contribution >= 4 is 18.1 Å². The number of nitrogens with zero attached hydrogens (tertiary/aromatic N) is 1. The van der Waals surface area contributed by atoms with E-state index in [0.29, 0.717) is 5.92 Å². The molecule has 1 saturated heterocycles. The Bertz CT molecular complexity index is 267. The van der Waals surface area contributed by atoms with Crippen molar-refractivity contribution in [1.29, 1.82) is 0 Å². The molecule has 1 aliphatic rings. The second kappa shape index (κ2) is 5.17. The molecule has 0 saturated carbocycles. The van der Waals surface area contributed by atoms with Gasteiger partial charge < -0.3 is 11.1 Å². The first-order valence-electron chi connectivity index (χ1n) is 4.78. The predicted molar refractivity (Wildman–Crippen MR) is 60.7 cm³/mol. The molecule has 2 heterocycles. The summed E-state index contributed by atoms with van der Waals surface area (Å²) < 4.78 is 0. The molecule has 0 bridgehead atoms. The van der Waals surface area contributed by atoms with Crippen molar-refractivity contribution in [2.24, 2.45) is 0 Å². The summed E-state index contributed by atoms with van der Waals surface area (Å²) in [6.45, 7) is 2.20. The highest BCUT2D eigenvalue weighted by molar-refractivity contribution is 5.85. The van der Waals surface area contributed by atoms with E-state index in [1.807, 2.05) is 12.1 Å². The molecule has 78 valence electrons. The molecule has 3 N–H and O–H groups in total. The van der Waals surface area contributed by atoms with Gasteiger partial charge in [-0.2, -0.15) is 0 Å². The van der Waals surface area contributed by atoms with Crippen LogP contribution in [0.4, 0.5) is 5.69 Å². The number of hydrogen-bond donors (Lipinski definition) is 2. The number of hydrogen-bond acceptors (Lipinski definition) is 3. The highest BCUT2D eigenvalue weighted by Gasteiger charge is 2.15. The summed E-state index contributed by atoms with van der Waals surface area (Å²) in [7, 11) is 0. The first-order valence-corrected chi connectivity index (χ1v) is 4.78. The SMILES string of the molecule is Cl.Nc1ccc([C@@H]2CCCNC2)nc1. The third-order valence-electron chi connectivity index (χ3n) is 2.52. The second-order valence-corrected chi connectivity index (χ2v) is 3.56. The van der Waals surface area contributed by atoms with Gasteiger partial charge in [-0.25, -0.2) is 0 Å². The van der Waals surface area contributed by atoms with Gasteiger partial charge in [0.1, 0.15) is 0 Å². The van der Waals surface area contributed by atoms with Gasteiger partial charge in [0.05, 0.1) is 11.9 Å². The van der Waals surface area contributed by atoms with Crippen LogP contribution in [0.1, 0.15) is 24.5 Å². The maximum Gasteiger partial charge on any atom is 0.0501 e. The third kappa shape index (κ3) is 2.59. The van der Waals surface area contributed by atoms with Crippen LogP contribution in [0.3, 0.4) is 0 Å². The van der Waals surface area contributed by atoms with Gasteiger partial charge in [0, 0.05) is 18.2 Å². The highest BCUT2D eigenvalue weighted by Crippen LogP contribution is 2.21. The molecule has 1 atom stereocenters. The summed E-state index contributed by atoms with van der Waals surface area (Å²) in [6.07, 6.45) is 4.23. The highest BCUT2D eigenvalue weighted by atomic mass is 35.5. The molecule has 14 heavy (non-hydrogen) atoms. The minimum atomic E-state index is 0. The van der Waals surface area contributed by atoms with Crippen LogP contribution < -0.4 is 11.1 Å². The van der Waals surface area contributed by atoms with Gasteiger partial charge in [-0.1, -0.05) is 0 Å². The molecule has 0 aliphatic carbocycles. The van der Waals surface area contributed by atoms with Crippen molar-refractivity contribution in [3.8, 4) is 0 Å². The van der Waals surface area contributed by atoms with Gasteiger partial charge in [-0.3, -0.25) is 4.98 Å². The molecule has 0 amide bonds. The predicted octanol–water partition coefficient (Wildman–Crippen LogP) is 1.55. The van der Waals surface area contributed by atoms with E-state index in [-0.39, 0.29) is 12.4 Å². The number of nitrogen functional groups attached to an aromatic ring is 1. The lowest BCUT2D eigenvalue weighted by Gasteiger charge is -2.22. The van der Waals surface area contributed by atoms with Crippen LogP contribution in [0.15, 0.2) is 18.3 Å². The summed E-state index contributed by atoms with van der Waals surface area (Å²) in [5, 5.41) is 3.38. The first-order chi connectivity index (χ1) is 6.36. The minimum absolute atomic E-state index is 0. The van der Waals surface area contributed by atoms with E-state index in [9.17, 15) is 0 Å². The van der Waals surface area contributed by atoms with Crippen molar-refractivity contribution in [1.82, 2.24) is 10.3 Å². The molecule has 4 heteroatoms. The zero-order valence-electron chi connectivity index (χ0n) is 8.07. The van der Waals surface area contributed by atoms with Gasteiger partial charge >= 0.3 is 0 Å². The van der Waals surface area contributed by atoms with Crippen LogP contribution in [0.2, 0.25) is 0 Å². The van der Waals surface area contributed by atoms with Gasteiger partial charge in [0.25, 0.3) is 0 Å². The average molecular weight is 214 g/mol. The molecule has 1 aromatic heterocycles. The molecule has 0 aromatic carbocycles. The lowest BCUT2D eigenvalue weighted by Crippen LogP contribution is -2.28. The summed E-state index contributed by atoms with van der Waals surface area (Å²) in [5.41, 5.74) is 7.49. The molecular weight excluding hydrogens is 198 g/mol. The van der Waals surface area contributed by atoms with Gasteiger partial charge in [-0.05, 0) is 31.5 Å². The number of nitrogens with one attached hydrogen (secondary N) is 1. The third-order valence-corrected chi connectivity index (χ3v) is 2.52. The lowest BCUT2D eigenvalue weighted by atomic mass is 9.96. The maximum atomic E-state index is 5.58. The van der Waals surface area contributed by atoms with E-state index in [4.69, 9.17) is 5.73 Å². The molecule has 3 nitrogen and oxygen atoms in total. The van der Waals surface area contributed by atoms with Crippen molar-refractivity contribution in [3.05, 3.63) is 24.0 Å². The Morgan fingerprint density at radius 1 is 1.43 bits per heavy atom. The summed E-state index contributed by atoms with van der Waals surface area (Å²) in [5.74, 6) is 0.578. The van der Waals surface area contributed by atoms with Gasteiger partial charge in [0.15, 0.2) is 0 Å². The van der Waals surface area contributed by atoms with Crippen LogP contribution in [-0.2, 0) is 0 Å². The molecule has 1 aliphatic heterocycles. The Morgan fingerprint density at radius 3 is 2.86 bits per heavy atom. The normalized spacial score (nSPS) is 21.3. The van der Waals surface area contributed by atoms with Crippen LogP contribution in [0, 0.1) is 0 Å². The van der Waals surface area contributed by atoms with E-state index >= 15 is 0 Å². The number of piperidine rings is 1. The topological polar surface area (TPSA) is 50.9 Å². The summed E-state index contributed by atoms with van der Waals surface area (Å²) in [6, 6.07) is 3.96. The fourth-order valence-corrected chi connectivity index (χ4v) is 1.76. The lowest BCUT2D eigenvalue weighted by molar-refractivity contribution is 0.455. The van der Waals surface area contributed by atoms with Crippen molar-refractivity contribution in [2.45, 2.75) is 18.8 Å². The van der Waals surface area contributed by atoms with Crippen LogP contribution in [0.5, 0.6) is 0 Å². The molecule has 0 radical (unpaired) electrons. The first kappa shape index (κ1) is 11.3. The molecular formula is C10H16ClN3. The van der Waals surface area contributed by atoms with E-state index in [2.05, 4.69) is 10.3 Å². The second-order valence-electron chi connectivity index (χ2n) is 3.56. The van der Waals surface area contributed by atoms with E-state index < -0.39 is 0 Å². The number of nitrogens with two attached hydrogens (primary N) is 1. The molecule has 1 fully saturated rings.